The zero-order chi connectivity index (χ0) is 24.0. The van der Waals surface area contributed by atoms with Gasteiger partial charge in [-0.1, -0.05) is 75.7 Å². The molecule has 0 fully saturated rings. The number of carbonyl (C=O) groups excluding carboxylic acids is 2. The lowest BCUT2D eigenvalue weighted by Gasteiger charge is -2.24. The molecule has 1 aliphatic rings. The highest BCUT2D eigenvalue weighted by molar-refractivity contribution is 5.86. The second kappa shape index (κ2) is 11.0. The second-order valence-corrected chi connectivity index (χ2v) is 8.78. The molecule has 3 N–H and O–H groups in total. The van der Waals surface area contributed by atoms with Gasteiger partial charge in [0.05, 0.1) is 0 Å². The van der Waals surface area contributed by atoms with Crippen LogP contribution in [0.2, 0.25) is 0 Å². The van der Waals surface area contributed by atoms with E-state index in [0.29, 0.717) is 6.42 Å². The van der Waals surface area contributed by atoms with Gasteiger partial charge >= 0.3 is 12.1 Å². The molecule has 2 amide bonds. The number of nitrogens with one attached hydrogen (secondary N) is 2. The van der Waals surface area contributed by atoms with Crippen LogP contribution in [0.5, 0.6) is 0 Å². The highest BCUT2D eigenvalue weighted by atomic mass is 16.5. The van der Waals surface area contributed by atoms with Gasteiger partial charge in [-0.25, -0.2) is 4.79 Å². The van der Waals surface area contributed by atoms with Gasteiger partial charge in [0.25, 0.3) is 0 Å². The average Bonchev–Trinajstić information content (AvgIpc) is 3.12. The summed E-state index contributed by atoms with van der Waals surface area (Å²) in [6.45, 7) is 5.98. The van der Waals surface area contributed by atoms with Crippen LogP contribution < -0.4 is 10.6 Å². The Morgan fingerprint density at radius 2 is 1.58 bits per heavy atom. The lowest BCUT2D eigenvalue weighted by molar-refractivity contribution is -0.138. The van der Waals surface area contributed by atoms with Crippen LogP contribution in [-0.4, -0.2) is 42.3 Å². The molecule has 7 nitrogen and oxygen atoms in total. The normalized spacial score (nSPS) is 15.0. The van der Waals surface area contributed by atoms with Crippen LogP contribution in [0.3, 0.4) is 0 Å². The summed E-state index contributed by atoms with van der Waals surface area (Å²) in [5.41, 5.74) is 4.54. The van der Waals surface area contributed by atoms with Crippen LogP contribution in [0.1, 0.15) is 50.7 Å². The largest absolute Gasteiger partial charge is 0.481 e. The Labute approximate surface area is 194 Å². The fourth-order valence-corrected chi connectivity index (χ4v) is 4.22. The second-order valence-electron chi connectivity index (χ2n) is 8.78. The van der Waals surface area contributed by atoms with Crippen molar-refractivity contribution >= 4 is 18.0 Å². The molecule has 33 heavy (non-hydrogen) atoms. The zero-order valence-corrected chi connectivity index (χ0v) is 19.3. The van der Waals surface area contributed by atoms with Crippen LogP contribution in [0.25, 0.3) is 11.1 Å². The van der Waals surface area contributed by atoms with Crippen LogP contribution in [0, 0.1) is 11.8 Å². The maximum atomic E-state index is 12.7. The molecule has 2 aromatic carbocycles. The van der Waals surface area contributed by atoms with Crippen molar-refractivity contribution in [3.63, 3.8) is 0 Å². The molecule has 3 atom stereocenters. The number of hydrogen-bond donors (Lipinski definition) is 3. The summed E-state index contributed by atoms with van der Waals surface area (Å²) in [5, 5.41) is 14.4. The Morgan fingerprint density at radius 1 is 1.00 bits per heavy atom. The number of alkyl carbamates (subject to hydrolysis) is 1. The van der Waals surface area contributed by atoms with Gasteiger partial charge in [-0.2, -0.15) is 0 Å². The molecule has 3 rings (SSSR count). The molecule has 0 aromatic heterocycles. The third-order valence-corrected chi connectivity index (χ3v) is 6.26. The molecule has 7 heteroatoms. The molecule has 0 bridgehead atoms. The maximum absolute atomic E-state index is 12.7. The van der Waals surface area contributed by atoms with E-state index in [0.717, 1.165) is 22.3 Å². The molecule has 0 spiro atoms. The van der Waals surface area contributed by atoms with Crippen molar-refractivity contribution in [3.05, 3.63) is 59.7 Å². The van der Waals surface area contributed by atoms with E-state index in [2.05, 4.69) is 34.9 Å². The number of carbonyl (C=O) groups is 3. The number of carboxylic acids is 1. The molecule has 0 aliphatic heterocycles. The Bertz CT molecular complexity index is 960. The van der Waals surface area contributed by atoms with Gasteiger partial charge in [-0.3, -0.25) is 9.59 Å². The maximum Gasteiger partial charge on any atom is 0.407 e. The van der Waals surface area contributed by atoms with E-state index in [9.17, 15) is 14.4 Å². The number of fused-ring (bicyclic) bond motifs is 3. The summed E-state index contributed by atoms with van der Waals surface area (Å²) in [6, 6.07) is 15.4. The molecule has 2 aromatic rings. The number of aliphatic carboxylic acids is 1. The Hall–Kier alpha value is -3.35. The summed E-state index contributed by atoms with van der Waals surface area (Å²) in [5.74, 6) is -1.63. The van der Waals surface area contributed by atoms with Gasteiger partial charge in [0, 0.05) is 18.9 Å². The van der Waals surface area contributed by atoms with E-state index >= 15 is 0 Å². The Morgan fingerprint density at radius 3 is 2.12 bits per heavy atom. The van der Waals surface area contributed by atoms with Crippen molar-refractivity contribution in [1.82, 2.24) is 10.6 Å². The average molecular weight is 453 g/mol. The van der Waals surface area contributed by atoms with Crippen molar-refractivity contribution in [1.29, 1.82) is 0 Å². The SMILES string of the molecule is CCC(C)C(NC(=O)OCC1c2ccccc2-c2ccccc21)C(=O)NCC(C)CC(=O)O. The first-order chi connectivity index (χ1) is 15.8. The van der Waals surface area contributed by atoms with Crippen LogP contribution >= 0.6 is 0 Å². The number of hydrogen-bond acceptors (Lipinski definition) is 4. The standard InChI is InChI=1S/C26H32N2O5/c1-4-17(3)24(25(31)27-14-16(2)13-23(29)30)28-26(32)33-15-22-20-11-7-5-9-18(20)19-10-6-8-12-21(19)22/h5-12,16-17,22,24H,4,13-15H2,1-3H3,(H,27,31)(H,28,32)(H,29,30). The lowest BCUT2D eigenvalue weighted by Crippen LogP contribution is -2.51. The van der Waals surface area contributed by atoms with Crippen molar-refractivity contribution in [2.45, 2.75) is 45.6 Å². The molecule has 0 heterocycles. The first-order valence-corrected chi connectivity index (χ1v) is 11.4. The minimum absolute atomic E-state index is 0.0336. The Kier molecular flexibility index (Phi) is 8.09. The number of benzene rings is 2. The van der Waals surface area contributed by atoms with Crippen molar-refractivity contribution in [2.24, 2.45) is 11.8 Å². The minimum atomic E-state index is -0.910. The fraction of sp³-hybridized carbons (Fsp3) is 0.423. The van der Waals surface area contributed by atoms with Crippen LogP contribution in [0.15, 0.2) is 48.5 Å². The molecule has 176 valence electrons. The Balaban J connectivity index is 1.62. The lowest BCUT2D eigenvalue weighted by atomic mass is 9.98. The minimum Gasteiger partial charge on any atom is -0.481 e. The number of amides is 2. The van der Waals surface area contributed by atoms with Crippen LogP contribution in [-0.2, 0) is 14.3 Å². The van der Waals surface area contributed by atoms with Gasteiger partial charge in [0.2, 0.25) is 5.91 Å². The number of ether oxygens (including phenoxy) is 1. The number of carboxylic acid groups (broad SMARTS) is 1. The molecular weight excluding hydrogens is 420 g/mol. The monoisotopic (exact) mass is 452 g/mol. The van der Waals surface area contributed by atoms with Gasteiger partial charge in [0.15, 0.2) is 0 Å². The van der Waals surface area contributed by atoms with E-state index < -0.39 is 18.1 Å². The van der Waals surface area contributed by atoms with E-state index in [4.69, 9.17) is 9.84 Å². The van der Waals surface area contributed by atoms with E-state index in [1.165, 1.54) is 0 Å². The molecule has 1 aliphatic carbocycles. The van der Waals surface area contributed by atoms with E-state index in [-0.39, 0.29) is 43.2 Å². The highest BCUT2D eigenvalue weighted by Crippen LogP contribution is 2.44. The quantitative estimate of drug-likeness (QED) is 0.502. The summed E-state index contributed by atoms with van der Waals surface area (Å²) in [7, 11) is 0. The predicted molar refractivity (Wildman–Crippen MR) is 126 cm³/mol. The summed E-state index contributed by atoms with van der Waals surface area (Å²) >= 11 is 0. The van der Waals surface area contributed by atoms with E-state index in [1.807, 2.05) is 38.1 Å². The topological polar surface area (TPSA) is 105 Å². The third kappa shape index (κ3) is 5.92. The first kappa shape index (κ1) is 24.3. The highest BCUT2D eigenvalue weighted by Gasteiger charge is 2.31. The molecule has 0 saturated heterocycles. The molecular formula is C26H32N2O5. The van der Waals surface area contributed by atoms with Crippen molar-refractivity contribution in [2.75, 3.05) is 13.2 Å². The molecule has 0 saturated carbocycles. The molecule has 3 unspecified atom stereocenters. The number of rotatable bonds is 10. The summed E-state index contributed by atoms with van der Waals surface area (Å²) < 4.78 is 5.59. The first-order valence-electron chi connectivity index (χ1n) is 11.4. The van der Waals surface area contributed by atoms with Gasteiger partial charge in [-0.15, -0.1) is 0 Å². The van der Waals surface area contributed by atoms with Gasteiger partial charge in [-0.05, 0) is 34.1 Å². The van der Waals surface area contributed by atoms with E-state index in [1.54, 1.807) is 6.92 Å². The molecule has 0 radical (unpaired) electrons. The zero-order valence-electron chi connectivity index (χ0n) is 19.3. The third-order valence-electron chi connectivity index (χ3n) is 6.26. The predicted octanol–water partition coefficient (Wildman–Crippen LogP) is 4.17. The summed E-state index contributed by atoms with van der Waals surface area (Å²) in [6.07, 6.45) is 0.0106. The fourth-order valence-electron chi connectivity index (χ4n) is 4.22. The van der Waals surface area contributed by atoms with Crippen molar-refractivity contribution in [3.8, 4) is 11.1 Å². The summed E-state index contributed by atoms with van der Waals surface area (Å²) in [4.78, 5) is 36.2. The van der Waals surface area contributed by atoms with Gasteiger partial charge in [0.1, 0.15) is 12.6 Å². The smallest absolute Gasteiger partial charge is 0.407 e. The van der Waals surface area contributed by atoms with Gasteiger partial charge < -0.3 is 20.5 Å². The van der Waals surface area contributed by atoms with Crippen LogP contribution in [0.4, 0.5) is 4.79 Å². The van der Waals surface area contributed by atoms with Crippen molar-refractivity contribution < 1.29 is 24.2 Å².